The van der Waals surface area contributed by atoms with Crippen LogP contribution >= 0.6 is 0 Å². The minimum Gasteiger partial charge on any atom is -0.494 e. The molecule has 74 heavy (non-hydrogen) atoms. The van der Waals surface area contributed by atoms with Crippen molar-refractivity contribution in [2.75, 3.05) is 59.0 Å². The van der Waals surface area contributed by atoms with Crippen molar-refractivity contribution in [2.45, 2.75) is 188 Å². The average molecular weight is 1050 g/mol. The van der Waals surface area contributed by atoms with Crippen molar-refractivity contribution in [1.82, 2.24) is 4.90 Å². The highest BCUT2D eigenvalue weighted by Gasteiger charge is 2.40. The Morgan fingerprint density at radius 3 is 2.18 bits per heavy atom. The van der Waals surface area contributed by atoms with Crippen LogP contribution in [0.4, 0.5) is 5.69 Å². The Hall–Kier alpha value is -3.52. The van der Waals surface area contributed by atoms with E-state index >= 15 is 0 Å². The lowest BCUT2D eigenvalue weighted by molar-refractivity contribution is -0.231. The van der Waals surface area contributed by atoms with Gasteiger partial charge >= 0.3 is 0 Å². The number of ether oxygens (including phenoxy) is 5. The summed E-state index contributed by atoms with van der Waals surface area (Å²) >= 11 is 0. The fourth-order valence-electron chi connectivity index (χ4n) is 9.80. The smallest absolute Gasteiger partial charge is 0.293 e. The zero-order valence-electron chi connectivity index (χ0n) is 47.5. The molecule has 0 aromatic heterocycles. The third-order valence-corrected chi connectivity index (χ3v) is 13.8. The summed E-state index contributed by atoms with van der Waals surface area (Å²) in [4.78, 5) is 27.5. The molecule has 0 bridgehead atoms. The van der Waals surface area contributed by atoms with E-state index in [0.717, 1.165) is 64.6 Å². The Labute approximate surface area is 445 Å². The summed E-state index contributed by atoms with van der Waals surface area (Å²) in [7, 11) is 4.63. The van der Waals surface area contributed by atoms with Gasteiger partial charge in [0, 0.05) is 63.8 Å². The highest BCUT2D eigenvalue weighted by atomic mass is 16.6. The lowest BCUT2D eigenvalue weighted by atomic mass is 9.81. The lowest BCUT2D eigenvalue weighted by Gasteiger charge is -2.40. The number of ketones is 1. The first-order chi connectivity index (χ1) is 35.1. The maximum absolute atomic E-state index is 12.7. The number of carbonyl (C=O) groups is 2. The second kappa shape index (κ2) is 36.5. The van der Waals surface area contributed by atoms with Crippen LogP contribution in [0.3, 0.4) is 0 Å². The Balaban J connectivity index is 0.000000603. The van der Waals surface area contributed by atoms with E-state index in [9.17, 15) is 35.1 Å². The molecule has 2 fully saturated rings. The predicted molar refractivity (Wildman–Crippen MR) is 293 cm³/mol. The number of para-hydroxylation sites is 1. The van der Waals surface area contributed by atoms with E-state index in [4.69, 9.17) is 29.2 Å². The molecule has 3 aliphatic rings. The number of hydrogen-bond acceptors (Lipinski definition) is 16. The Morgan fingerprint density at radius 2 is 1.57 bits per heavy atom. The molecule has 0 saturated carbocycles. The number of likely N-dealkylation sites (N-methyl/N-ethyl adjacent to an activating group) is 1. The number of anilines is 1. The molecule has 16 heteroatoms. The van der Waals surface area contributed by atoms with E-state index in [0.29, 0.717) is 37.7 Å². The molecular weight excluding hydrogens is 949 g/mol. The first kappa shape index (κ1) is 68.5. The molecule has 3 aliphatic heterocycles. The summed E-state index contributed by atoms with van der Waals surface area (Å²) in [6.45, 7) is 24.3. The van der Waals surface area contributed by atoms with E-state index in [2.05, 4.69) is 83.9 Å². The Bertz CT molecular complexity index is 1800. The van der Waals surface area contributed by atoms with E-state index < -0.39 is 42.4 Å². The van der Waals surface area contributed by atoms with Gasteiger partial charge in [-0.15, -0.1) is 0 Å². The Kier molecular flexibility index (Phi) is 33.8. The summed E-state index contributed by atoms with van der Waals surface area (Å²) in [5.74, 6) is 0.906. The van der Waals surface area contributed by atoms with Crippen molar-refractivity contribution in [3.05, 3.63) is 65.7 Å². The van der Waals surface area contributed by atoms with Gasteiger partial charge in [-0.2, -0.15) is 0 Å². The number of rotatable bonds is 24. The van der Waals surface area contributed by atoms with Crippen LogP contribution in [0.25, 0.3) is 6.08 Å². The monoisotopic (exact) mass is 1050 g/mol. The summed E-state index contributed by atoms with van der Waals surface area (Å²) < 4.78 is 26.3. The van der Waals surface area contributed by atoms with E-state index in [1.807, 2.05) is 53.8 Å². The Morgan fingerprint density at radius 1 is 0.919 bits per heavy atom. The first-order valence-corrected chi connectivity index (χ1v) is 27.0. The SMILES string of the molecule is CC.CC1CC(N(C)CCCOc2ccc(/C=C\CCN3CCc4ccccc43)cc2)C(O)C(O)O1.CC1C[C@H](O)OC(C)[C@@H]1O.CO.COC(C[C@@H](C)CC(C)C)C[C@@H](C)C(=O)C(C)C(O)[C@](C)(O)COC=O. The van der Waals surface area contributed by atoms with Gasteiger partial charge < -0.3 is 69.2 Å². The molecule has 14 atom stereocenters. The number of aliphatic hydroxyl groups excluding tert-OH is 6. The van der Waals surface area contributed by atoms with Crippen LogP contribution in [0, 0.1) is 29.6 Å². The fraction of sp³-hybridized carbons (Fsp3) is 0.724. The van der Waals surface area contributed by atoms with Crippen molar-refractivity contribution in [2.24, 2.45) is 29.6 Å². The zero-order valence-corrected chi connectivity index (χ0v) is 47.5. The number of benzene rings is 2. The first-order valence-electron chi connectivity index (χ1n) is 27.0. The van der Waals surface area contributed by atoms with Gasteiger partial charge in [0.15, 0.2) is 12.6 Å². The van der Waals surface area contributed by atoms with Crippen LogP contribution in [-0.4, -0.2) is 168 Å². The van der Waals surface area contributed by atoms with E-state index in [-0.39, 0.29) is 55.1 Å². The second-order valence-electron chi connectivity index (χ2n) is 20.8. The minimum absolute atomic E-state index is 0.0223. The molecule has 0 radical (unpaired) electrons. The van der Waals surface area contributed by atoms with Gasteiger partial charge in [0.2, 0.25) is 0 Å². The highest BCUT2D eigenvalue weighted by molar-refractivity contribution is 5.83. The lowest BCUT2D eigenvalue weighted by Crippen LogP contribution is -2.54. The summed E-state index contributed by atoms with van der Waals surface area (Å²) in [5, 5.41) is 66.0. The van der Waals surface area contributed by atoms with Crippen LogP contribution in [0.5, 0.6) is 5.75 Å². The average Bonchev–Trinajstić information content (AvgIpc) is 3.79. The summed E-state index contributed by atoms with van der Waals surface area (Å²) in [5.41, 5.74) is 2.35. The predicted octanol–water partition coefficient (Wildman–Crippen LogP) is 7.05. The molecule has 0 amide bonds. The van der Waals surface area contributed by atoms with Gasteiger partial charge in [0.25, 0.3) is 6.47 Å². The van der Waals surface area contributed by atoms with Crippen molar-refractivity contribution >= 4 is 24.0 Å². The summed E-state index contributed by atoms with van der Waals surface area (Å²) in [6, 6.07) is 16.8. The molecule has 9 unspecified atom stereocenters. The molecule has 5 rings (SSSR count). The largest absolute Gasteiger partial charge is 0.494 e. The number of carbonyl (C=O) groups excluding carboxylic acids is 2. The van der Waals surface area contributed by atoms with Gasteiger partial charge in [-0.3, -0.25) is 9.59 Å². The van der Waals surface area contributed by atoms with E-state index in [1.54, 1.807) is 21.0 Å². The van der Waals surface area contributed by atoms with Gasteiger partial charge in [-0.25, -0.2) is 0 Å². The number of aliphatic hydroxyl groups is 7. The maximum Gasteiger partial charge on any atom is 0.293 e. The van der Waals surface area contributed by atoms with Crippen molar-refractivity contribution in [3.8, 4) is 5.75 Å². The van der Waals surface area contributed by atoms with E-state index in [1.165, 1.54) is 23.7 Å². The van der Waals surface area contributed by atoms with Crippen LogP contribution < -0.4 is 9.64 Å². The quantitative estimate of drug-likeness (QED) is 0.0413. The molecule has 2 aromatic rings. The van der Waals surface area contributed by atoms with Crippen LogP contribution in [0.15, 0.2) is 54.6 Å². The van der Waals surface area contributed by atoms with Gasteiger partial charge in [-0.05, 0) is 120 Å². The number of Topliss-reactive ketones (excluding diaryl/α,β-unsaturated/α-hetero) is 1. The molecule has 3 heterocycles. The molecule has 0 spiro atoms. The summed E-state index contributed by atoms with van der Waals surface area (Å²) in [6.07, 6.45) is 6.48. The van der Waals surface area contributed by atoms with Crippen LogP contribution in [0.2, 0.25) is 0 Å². The highest BCUT2D eigenvalue weighted by Crippen LogP contribution is 2.29. The number of nitrogens with zero attached hydrogens (tertiary/aromatic N) is 2. The normalized spacial score (nSPS) is 25.1. The second-order valence-corrected chi connectivity index (χ2v) is 20.8. The third kappa shape index (κ3) is 24.2. The van der Waals surface area contributed by atoms with Gasteiger partial charge in [-0.1, -0.05) is 97.9 Å². The van der Waals surface area contributed by atoms with Crippen molar-refractivity contribution < 1.29 is 69.0 Å². The molecule has 2 aromatic carbocycles. The number of methoxy groups -OCH3 is 1. The minimum atomic E-state index is -1.68. The number of hydrogen-bond donors (Lipinski definition) is 7. The van der Waals surface area contributed by atoms with Crippen LogP contribution in [-0.2, 0) is 35.0 Å². The molecule has 7 N–H and O–H groups in total. The standard InChI is InChI=1S/C28H38N2O4.C20H38O6.C7H14O3.C2H6.CH4O/c1-21-20-26(27(31)28(32)34-21)29(2)16-7-19-33-24-13-11-22(12-14-24)8-5-6-17-30-18-15-23-9-3-4-10-25(23)30;1-13(2)8-14(3)9-17(25-7)10-15(4)18(22)16(5)19(23)20(6,24)11-26-12-21;1-4-3-6(8)10-5(2)7(4)9;2*1-2/h3-5,8-14,21,26-28,31-32H,6-7,15-20H2,1-2H3;12-17,19,23-24H,8-11H2,1-7H3;4-9H,3H2,1-2H3;1-2H3;2H,1H3/b8-5-;;;;/t;14-,15+,16?,17?,19?,20+;4?,5?,6-,7-;;/m.01../s1. The van der Waals surface area contributed by atoms with Gasteiger partial charge in [0.05, 0.1) is 37.1 Å². The van der Waals surface area contributed by atoms with Gasteiger partial charge in [0.1, 0.15) is 29.8 Å². The van der Waals surface area contributed by atoms with Crippen molar-refractivity contribution in [3.63, 3.8) is 0 Å². The molecule has 2 saturated heterocycles. The molecular formula is C58H100N2O14. The number of fused-ring (bicyclic) bond motifs is 1. The molecule has 426 valence electrons. The molecule has 16 nitrogen and oxygen atoms in total. The molecule has 0 aliphatic carbocycles. The zero-order chi connectivity index (χ0) is 56.1. The maximum atomic E-state index is 12.7. The third-order valence-electron chi connectivity index (χ3n) is 13.8. The fourth-order valence-corrected chi connectivity index (χ4v) is 9.80. The topological polar surface area (TPSA) is 228 Å². The van der Waals surface area contributed by atoms with Crippen LogP contribution in [0.1, 0.15) is 132 Å². The van der Waals surface area contributed by atoms with Crippen molar-refractivity contribution in [1.29, 1.82) is 0 Å².